The van der Waals surface area contributed by atoms with E-state index < -0.39 is 6.03 Å². The van der Waals surface area contributed by atoms with Gasteiger partial charge in [-0.15, -0.1) is 0 Å². The highest BCUT2D eigenvalue weighted by Gasteiger charge is 2.32. The first-order chi connectivity index (χ1) is 11.6. The minimum absolute atomic E-state index is 0.0169. The van der Waals surface area contributed by atoms with Crippen molar-refractivity contribution < 1.29 is 14.4 Å². The number of nitrogens with zero attached hydrogens (tertiary/aromatic N) is 3. The van der Waals surface area contributed by atoms with E-state index in [1.165, 1.54) is 5.56 Å². The molecule has 2 aliphatic heterocycles. The van der Waals surface area contributed by atoms with Gasteiger partial charge in [0.1, 0.15) is 6.54 Å². The molecule has 0 bridgehead atoms. The van der Waals surface area contributed by atoms with Gasteiger partial charge in [-0.3, -0.25) is 19.4 Å². The molecule has 1 aromatic carbocycles. The number of imide groups is 1. The second-order valence-corrected chi connectivity index (χ2v) is 6.13. The zero-order valence-electron chi connectivity index (χ0n) is 13.6. The Hall–Kier alpha value is -2.41. The molecule has 3 rings (SSSR count). The molecular formula is C17H22N4O3. The fraction of sp³-hybridized carbons (Fsp3) is 0.471. The third kappa shape index (κ3) is 3.91. The minimum atomic E-state index is -0.478. The lowest BCUT2D eigenvalue weighted by Gasteiger charge is -2.23. The van der Waals surface area contributed by atoms with Gasteiger partial charge in [-0.25, -0.2) is 4.79 Å². The molecule has 4 amide bonds. The van der Waals surface area contributed by atoms with Crippen LogP contribution in [0.15, 0.2) is 30.3 Å². The Balaban J connectivity index is 1.52. The van der Waals surface area contributed by atoms with Gasteiger partial charge in [0.05, 0.1) is 6.54 Å². The predicted octanol–water partition coefficient (Wildman–Crippen LogP) is 0.273. The third-order valence-electron chi connectivity index (χ3n) is 4.42. The number of amides is 4. The summed E-state index contributed by atoms with van der Waals surface area (Å²) in [6.45, 7) is 3.70. The van der Waals surface area contributed by atoms with Crippen molar-refractivity contribution in [2.24, 2.45) is 0 Å². The van der Waals surface area contributed by atoms with E-state index >= 15 is 0 Å². The van der Waals surface area contributed by atoms with Crippen molar-refractivity contribution in [3.8, 4) is 0 Å². The van der Waals surface area contributed by atoms with Crippen LogP contribution in [0.25, 0.3) is 0 Å². The van der Waals surface area contributed by atoms with Crippen LogP contribution in [0.1, 0.15) is 12.0 Å². The van der Waals surface area contributed by atoms with Crippen LogP contribution in [0.2, 0.25) is 0 Å². The molecular weight excluding hydrogens is 308 g/mol. The first-order valence-corrected chi connectivity index (χ1v) is 8.26. The standard InChI is InChI=1S/C17H22N4O3/c22-15-11-18-17(24)21(15)13-16(23)20-8-4-7-19(9-10-20)12-14-5-2-1-3-6-14/h1-3,5-6H,4,7-13H2,(H,18,24). The molecule has 7 heteroatoms. The molecule has 24 heavy (non-hydrogen) atoms. The second kappa shape index (κ2) is 7.44. The van der Waals surface area contributed by atoms with E-state index in [-0.39, 0.29) is 24.9 Å². The highest BCUT2D eigenvalue weighted by molar-refractivity contribution is 6.04. The summed E-state index contributed by atoms with van der Waals surface area (Å²) in [6, 6.07) is 9.79. The molecule has 0 spiro atoms. The highest BCUT2D eigenvalue weighted by atomic mass is 16.2. The van der Waals surface area contributed by atoms with Gasteiger partial charge in [0.15, 0.2) is 0 Å². The van der Waals surface area contributed by atoms with Crippen molar-refractivity contribution in [2.45, 2.75) is 13.0 Å². The number of hydrogen-bond donors (Lipinski definition) is 1. The van der Waals surface area contributed by atoms with E-state index in [4.69, 9.17) is 0 Å². The van der Waals surface area contributed by atoms with Gasteiger partial charge < -0.3 is 10.2 Å². The van der Waals surface area contributed by atoms with Crippen LogP contribution in [-0.4, -0.2) is 71.8 Å². The lowest BCUT2D eigenvalue weighted by Crippen LogP contribution is -2.44. The summed E-state index contributed by atoms with van der Waals surface area (Å²) in [7, 11) is 0. The number of carbonyl (C=O) groups is 3. The fourth-order valence-electron chi connectivity index (χ4n) is 3.07. The summed E-state index contributed by atoms with van der Waals surface area (Å²) in [5.41, 5.74) is 1.26. The van der Waals surface area contributed by atoms with Gasteiger partial charge in [0, 0.05) is 32.7 Å². The lowest BCUT2D eigenvalue weighted by molar-refractivity contribution is -0.136. The SMILES string of the molecule is O=C(CN1C(=O)CNC1=O)N1CCCN(Cc2ccccc2)CC1. The van der Waals surface area contributed by atoms with Gasteiger partial charge in [-0.2, -0.15) is 0 Å². The van der Waals surface area contributed by atoms with Crippen molar-refractivity contribution in [2.75, 3.05) is 39.3 Å². The molecule has 2 fully saturated rings. The number of carbonyl (C=O) groups excluding carboxylic acids is 3. The zero-order chi connectivity index (χ0) is 16.9. The summed E-state index contributed by atoms with van der Waals surface area (Å²) in [5.74, 6) is -0.504. The largest absolute Gasteiger partial charge is 0.340 e. The molecule has 128 valence electrons. The summed E-state index contributed by atoms with van der Waals surface area (Å²) in [5, 5.41) is 2.43. The van der Waals surface area contributed by atoms with E-state index in [1.54, 1.807) is 4.90 Å². The van der Waals surface area contributed by atoms with Crippen molar-refractivity contribution in [1.29, 1.82) is 0 Å². The Bertz CT molecular complexity index is 604. The van der Waals surface area contributed by atoms with Crippen molar-refractivity contribution in [1.82, 2.24) is 20.0 Å². The van der Waals surface area contributed by atoms with Crippen LogP contribution < -0.4 is 5.32 Å². The normalized spacial score (nSPS) is 19.3. The van der Waals surface area contributed by atoms with Crippen molar-refractivity contribution in [3.05, 3.63) is 35.9 Å². The maximum atomic E-state index is 12.4. The number of hydrogen-bond acceptors (Lipinski definition) is 4. The van der Waals surface area contributed by atoms with E-state index in [0.29, 0.717) is 13.1 Å². The van der Waals surface area contributed by atoms with Crippen LogP contribution in [0.3, 0.4) is 0 Å². The number of rotatable bonds is 4. The molecule has 0 atom stereocenters. The van der Waals surface area contributed by atoms with Crippen molar-refractivity contribution in [3.63, 3.8) is 0 Å². The van der Waals surface area contributed by atoms with Crippen LogP contribution in [0.5, 0.6) is 0 Å². The molecule has 2 heterocycles. The Kier molecular flexibility index (Phi) is 5.10. The molecule has 0 radical (unpaired) electrons. The van der Waals surface area contributed by atoms with E-state index in [2.05, 4.69) is 22.3 Å². The summed E-state index contributed by atoms with van der Waals surface area (Å²) < 4.78 is 0. The average Bonchev–Trinajstić information content (AvgIpc) is 2.79. The smallest absolute Gasteiger partial charge is 0.325 e. The molecule has 0 aliphatic carbocycles. The Morgan fingerprint density at radius 1 is 1.04 bits per heavy atom. The summed E-state index contributed by atoms with van der Waals surface area (Å²) >= 11 is 0. The number of benzene rings is 1. The quantitative estimate of drug-likeness (QED) is 0.805. The first-order valence-electron chi connectivity index (χ1n) is 8.26. The molecule has 0 saturated carbocycles. The molecule has 2 saturated heterocycles. The van der Waals surface area contributed by atoms with E-state index in [9.17, 15) is 14.4 Å². The van der Waals surface area contributed by atoms with Gasteiger partial charge >= 0.3 is 6.03 Å². The van der Waals surface area contributed by atoms with Crippen LogP contribution in [0.4, 0.5) is 4.79 Å². The summed E-state index contributed by atoms with van der Waals surface area (Å²) in [4.78, 5) is 40.6. The maximum absolute atomic E-state index is 12.4. The van der Waals surface area contributed by atoms with E-state index in [1.807, 2.05) is 18.2 Å². The summed E-state index contributed by atoms with van der Waals surface area (Å²) in [6.07, 6.45) is 0.888. The molecule has 1 N–H and O–H groups in total. The molecule has 0 aromatic heterocycles. The second-order valence-electron chi connectivity index (χ2n) is 6.13. The highest BCUT2D eigenvalue weighted by Crippen LogP contribution is 2.10. The van der Waals surface area contributed by atoms with Crippen LogP contribution in [-0.2, 0) is 16.1 Å². The first kappa shape index (κ1) is 16.4. The molecule has 0 unspecified atom stereocenters. The zero-order valence-corrected chi connectivity index (χ0v) is 13.6. The van der Waals surface area contributed by atoms with Gasteiger partial charge in [-0.05, 0) is 12.0 Å². The number of urea groups is 1. The third-order valence-corrected chi connectivity index (χ3v) is 4.42. The van der Waals surface area contributed by atoms with Gasteiger partial charge in [0.2, 0.25) is 5.91 Å². The molecule has 2 aliphatic rings. The Morgan fingerprint density at radius 3 is 2.54 bits per heavy atom. The monoisotopic (exact) mass is 330 g/mol. The fourth-order valence-corrected chi connectivity index (χ4v) is 3.07. The molecule has 7 nitrogen and oxygen atoms in total. The number of nitrogens with one attached hydrogen (secondary N) is 1. The van der Waals surface area contributed by atoms with Gasteiger partial charge in [-0.1, -0.05) is 30.3 Å². The lowest BCUT2D eigenvalue weighted by atomic mass is 10.2. The molecule has 1 aromatic rings. The van der Waals surface area contributed by atoms with Crippen LogP contribution >= 0.6 is 0 Å². The van der Waals surface area contributed by atoms with Crippen LogP contribution in [0, 0.1) is 0 Å². The van der Waals surface area contributed by atoms with Gasteiger partial charge in [0.25, 0.3) is 5.91 Å². The predicted molar refractivity (Wildman–Crippen MR) is 88.0 cm³/mol. The van der Waals surface area contributed by atoms with Crippen molar-refractivity contribution >= 4 is 17.8 Å². The minimum Gasteiger partial charge on any atom is -0.340 e. The average molecular weight is 330 g/mol. The van der Waals surface area contributed by atoms with E-state index in [0.717, 1.165) is 31.0 Å². The Labute approximate surface area is 141 Å². The topological polar surface area (TPSA) is 73.0 Å². The maximum Gasteiger partial charge on any atom is 0.325 e. The Morgan fingerprint density at radius 2 is 1.83 bits per heavy atom.